The molecule has 0 spiro atoms. The van der Waals surface area contributed by atoms with E-state index < -0.39 is 30.0 Å². The molecular formula is C18H15ClF3N7O3. The number of hydrogen-bond acceptors (Lipinski definition) is 7. The topological polar surface area (TPSA) is 138 Å². The lowest BCUT2D eigenvalue weighted by Gasteiger charge is -2.15. The second-order valence-corrected chi connectivity index (χ2v) is 6.91. The van der Waals surface area contributed by atoms with Crippen LogP contribution in [-0.4, -0.2) is 42.9 Å². The average Bonchev–Trinajstić information content (AvgIpc) is 3.08. The zero-order valence-corrected chi connectivity index (χ0v) is 17.3. The molecule has 0 bridgehead atoms. The number of aryl methyl sites for hydroxylation is 1. The van der Waals surface area contributed by atoms with Gasteiger partial charge in [0.25, 0.3) is 11.8 Å². The van der Waals surface area contributed by atoms with Crippen LogP contribution in [-0.2, 0) is 0 Å². The van der Waals surface area contributed by atoms with Crippen LogP contribution in [0.3, 0.4) is 0 Å². The van der Waals surface area contributed by atoms with Crippen LogP contribution in [0.5, 0.6) is 5.75 Å². The third-order valence-electron chi connectivity index (χ3n) is 3.96. The number of carbonyl (C=O) groups is 2. The molecule has 0 aliphatic carbocycles. The molecule has 32 heavy (non-hydrogen) atoms. The largest absolute Gasteiger partial charge is 0.573 e. The number of nitrogens with two attached hydrogens (primary N) is 1. The Morgan fingerprint density at radius 2 is 1.94 bits per heavy atom. The normalized spacial score (nSPS) is 12.3. The number of nitrogens with zero attached hydrogens (tertiary/aromatic N) is 5. The fourth-order valence-corrected chi connectivity index (χ4v) is 2.93. The van der Waals surface area contributed by atoms with Crippen LogP contribution in [0.15, 0.2) is 30.6 Å². The molecule has 0 aliphatic heterocycles. The van der Waals surface area contributed by atoms with E-state index in [4.69, 9.17) is 17.3 Å². The Balaban J connectivity index is 1.87. The Bertz CT molecular complexity index is 1180. The Kier molecular flexibility index (Phi) is 6.30. The number of alkyl halides is 3. The number of rotatable bonds is 6. The number of hydrogen-bond donors (Lipinski definition) is 2. The minimum absolute atomic E-state index is 0.0538. The van der Waals surface area contributed by atoms with Crippen LogP contribution in [0.4, 0.5) is 13.2 Å². The van der Waals surface area contributed by atoms with Crippen LogP contribution in [0.1, 0.15) is 45.5 Å². The quantitative estimate of drug-likeness (QED) is 0.565. The molecule has 0 saturated heterocycles. The second kappa shape index (κ2) is 8.78. The number of amides is 2. The van der Waals surface area contributed by atoms with E-state index in [0.29, 0.717) is 5.82 Å². The number of nitrogens with one attached hydrogen (secondary N) is 1. The number of aromatic nitrogens is 5. The Morgan fingerprint density at radius 3 is 2.59 bits per heavy atom. The van der Waals surface area contributed by atoms with Gasteiger partial charge in [0.05, 0.1) is 6.04 Å². The van der Waals surface area contributed by atoms with E-state index >= 15 is 0 Å². The molecule has 2 aromatic heterocycles. The first-order valence-corrected chi connectivity index (χ1v) is 9.23. The Labute approximate surface area is 183 Å². The predicted molar refractivity (Wildman–Crippen MR) is 104 cm³/mol. The first-order valence-electron chi connectivity index (χ1n) is 8.86. The number of primary amides is 1. The highest BCUT2D eigenvalue weighted by molar-refractivity contribution is 6.31. The van der Waals surface area contributed by atoms with Crippen molar-refractivity contribution in [3.63, 3.8) is 0 Å². The lowest BCUT2D eigenvalue weighted by Crippen LogP contribution is -2.29. The molecule has 0 fully saturated rings. The smallest absolute Gasteiger partial charge is 0.406 e. The van der Waals surface area contributed by atoms with Gasteiger partial charge in [0.2, 0.25) is 0 Å². The predicted octanol–water partition coefficient (Wildman–Crippen LogP) is 2.51. The molecule has 168 valence electrons. The zero-order chi connectivity index (χ0) is 23.6. The molecule has 14 heteroatoms. The van der Waals surface area contributed by atoms with Crippen molar-refractivity contribution in [2.45, 2.75) is 26.3 Å². The fourth-order valence-electron chi connectivity index (χ4n) is 2.71. The summed E-state index contributed by atoms with van der Waals surface area (Å²) in [5, 5.41) is 6.67. The number of halogens is 4. The Morgan fingerprint density at radius 1 is 1.22 bits per heavy atom. The minimum atomic E-state index is -4.94. The van der Waals surface area contributed by atoms with Gasteiger partial charge in [-0.15, -0.1) is 18.3 Å². The minimum Gasteiger partial charge on any atom is -0.406 e. The molecule has 0 aliphatic rings. The molecule has 0 saturated carbocycles. The van der Waals surface area contributed by atoms with Gasteiger partial charge in [0, 0.05) is 16.7 Å². The maximum absolute atomic E-state index is 12.6. The van der Waals surface area contributed by atoms with E-state index in [1.165, 1.54) is 16.8 Å². The average molecular weight is 470 g/mol. The molecule has 1 atom stereocenters. The summed E-state index contributed by atoms with van der Waals surface area (Å²) in [6, 6.07) is 3.54. The number of ether oxygens (including phenoxy) is 1. The van der Waals surface area contributed by atoms with Gasteiger partial charge in [-0.1, -0.05) is 11.6 Å². The van der Waals surface area contributed by atoms with Crippen LogP contribution < -0.4 is 15.8 Å². The maximum Gasteiger partial charge on any atom is 0.573 e. The molecular weight excluding hydrogens is 455 g/mol. The van der Waals surface area contributed by atoms with Crippen molar-refractivity contribution in [2.24, 2.45) is 5.73 Å². The SMILES string of the molecule is Cc1nc([C@H](C)NC(=O)c2cc(Cl)cc(OC(F)(F)F)c2)n(-c2cc(C(N)=O)ncn2)n1. The third kappa shape index (κ3) is 5.49. The molecule has 3 N–H and O–H groups in total. The molecule has 0 unspecified atom stereocenters. The van der Waals surface area contributed by atoms with Crippen molar-refractivity contribution in [2.75, 3.05) is 0 Å². The maximum atomic E-state index is 12.6. The summed E-state index contributed by atoms with van der Waals surface area (Å²) in [4.78, 5) is 36.1. The second-order valence-electron chi connectivity index (χ2n) is 6.47. The molecule has 10 nitrogen and oxygen atoms in total. The first-order chi connectivity index (χ1) is 14.9. The van der Waals surface area contributed by atoms with E-state index in [1.54, 1.807) is 13.8 Å². The molecule has 3 rings (SSSR count). The summed E-state index contributed by atoms with van der Waals surface area (Å²) in [5.41, 5.74) is 5.02. The van der Waals surface area contributed by atoms with Crippen molar-refractivity contribution in [1.29, 1.82) is 0 Å². The molecule has 0 radical (unpaired) electrons. The lowest BCUT2D eigenvalue weighted by atomic mass is 10.2. The summed E-state index contributed by atoms with van der Waals surface area (Å²) >= 11 is 5.82. The first kappa shape index (κ1) is 22.9. The van der Waals surface area contributed by atoms with Crippen molar-refractivity contribution < 1.29 is 27.5 Å². The molecule has 2 amide bonds. The van der Waals surface area contributed by atoms with Crippen LogP contribution >= 0.6 is 11.6 Å². The highest BCUT2D eigenvalue weighted by Crippen LogP contribution is 2.27. The van der Waals surface area contributed by atoms with E-state index in [2.05, 4.69) is 30.1 Å². The van der Waals surface area contributed by atoms with Crippen molar-refractivity contribution >= 4 is 23.4 Å². The highest BCUT2D eigenvalue weighted by Gasteiger charge is 2.31. The van der Waals surface area contributed by atoms with Gasteiger partial charge >= 0.3 is 6.36 Å². The van der Waals surface area contributed by atoms with Gasteiger partial charge < -0.3 is 15.8 Å². The van der Waals surface area contributed by atoms with E-state index in [-0.39, 0.29) is 27.9 Å². The lowest BCUT2D eigenvalue weighted by molar-refractivity contribution is -0.274. The van der Waals surface area contributed by atoms with E-state index in [1.807, 2.05) is 0 Å². The third-order valence-corrected chi connectivity index (χ3v) is 4.18. The zero-order valence-electron chi connectivity index (χ0n) is 16.5. The standard InChI is InChI=1S/C18H15ClF3N7O3/c1-8(26-17(31)10-3-11(19)5-12(4-10)32-18(20,21)22)16-27-9(2)28-29(16)14-6-13(15(23)30)24-7-25-14/h3-8H,1-2H3,(H2,23,30)(H,26,31)/t8-/m0/s1. The van der Waals surface area contributed by atoms with Crippen LogP contribution in [0.25, 0.3) is 5.82 Å². The summed E-state index contributed by atoms with van der Waals surface area (Å²) < 4.78 is 42.6. The van der Waals surface area contributed by atoms with Gasteiger partial charge in [-0.05, 0) is 32.0 Å². The van der Waals surface area contributed by atoms with E-state index in [0.717, 1.165) is 18.5 Å². The fraction of sp³-hybridized carbons (Fsp3) is 0.222. The molecule has 1 aromatic carbocycles. The summed E-state index contributed by atoms with van der Waals surface area (Å²) in [6.45, 7) is 3.17. The number of carbonyl (C=O) groups excluding carboxylic acids is 2. The van der Waals surface area contributed by atoms with E-state index in [9.17, 15) is 22.8 Å². The van der Waals surface area contributed by atoms with Gasteiger partial charge in [-0.2, -0.15) is 4.68 Å². The van der Waals surface area contributed by atoms with Gasteiger partial charge in [-0.3, -0.25) is 9.59 Å². The summed E-state index contributed by atoms with van der Waals surface area (Å²) in [5.74, 6) is -1.40. The molecule has 2 heterocycles. The monoisotopic (exact) mass is 469 g/mol. The molecule has 3 aromatic rings. The summed E-state index contributed by atoms with van der Waals surface area (Å²) in [6.07, 6.45) is -3.82. The van der Waals surface area contributed by atoms with Crippen molar-refractivity contribution in [3.8, 4) is 11.6 Å². The Hall–Kier alpha value is -3.74. The highest BCUT2D eigenvalue weighted by atomic mass is 35.5. The van der Waals surface area contributed by atoms with Crippen molar-refractivity contribution in [3.05, 3.63) is 58.5 Å². The van der Waals surface area contributed by atoms with Gasteiger partial charge in [-0.25, -0.2) is 15.0 Å². The number of benzene rings is 1. The van der Waals surface area contributed by atoms with Crippen molar-refractivity contribution in [1.82, 2.24) is 30.0 Å². The van der Waals surface area contributed by atoms with Crippen LogP contribution in [0, 0.1) is 6.92 Å². The van der Waals surface area contributed by atoms with Gasteiger partial charge in [0.1, 0.15) is 23.6 Å². The van der Waals surface area contributed by atoms with Gasteiger partial charge in [0.15, 0.2) is 11.6 Å². The van der Waals surface area contributed by atoms with Crippen LogP contribution in [0.2, 0.25) is 5.02 Å². The summed E-state index contributed by atoms with van der Waals surface area (Å²) in [7, 11) is 0.